The van der Waals surface area contributed by atoms with Crippen molar-refractivity contribution in [2.45, 2.75) is 26.0 Å². The van der Waals surface area contributed by atoms with Crippen LogP contribution in [0.3, 0.4) is 0 Å². The van der Waals surface area contributed by atoms with Gasteiger partial charge >= 0.3 is 0 Å². The second-order valence-electron chi connectivity index (χ2n) is 3.05. The zero-order chi connectivity index (χ0) is 9.90. The molecule has 0 spiro atoms. The number of hydrogen-bond donors (Lipinski definition) is 4. The van der Waals surface area contributed by atoms with Crippen LogP contribution in [-0.4, -0.2) is 16.5 Å². The first kappa shape index (κ1) is 10.2. The van der Waals surface area contributed by atoms with Gasteiger partial charge in [-0.05, 0) is 26.1 Å². The Morgan fingerprint density at radius 2 is 2.46 bits per heavy atom. The van der Waals surface area contributed by atoms with Gasteiger partial charge in [0.15, 0.2) is 5.11 Å². The number of nitrogens with zero attached hydrogens (tertiary/aromatic N) is 1. The van der Waals surface area contributed by atoms with Crippen LogP contribution in [0.4, 0.5) is 0 Å². The summed E-state index contributed by atoms with van der Waals surface area (Å²) in [4.78, 5) is 5.13. The van der Waals surface area contributed by atoms with Crippen molar-refractivity contribution in [2.75, 3.05) is 0 Å². The van der Waals surface area contributed by atoms with Crippen molar-refractivity contribution in [1.29, 1.82) is 0 Å². The van der Waals surface area contributed by atoms with Crippen LogP contribution in [0.25, 0.3) is 0 Å². The van der Waals surface area contributed by atoms with Gasteiger partial charge in [-0.25, -0.2) is 5.84 Å². The third-order valence-corrected chi connectivity index (χ3v) is 1.79. The van der Waals surface area contributed by atoms with Gasteiger partial charge in [0.2, 0.25) is 5.72 Å². The largest absolute Gasteiger partial charge is 0.372 e. The number of nitrogens with one attached hydrogen (secondary N) is 3. The second kappa shape index (κ2) is 3.86. The van der Waals surface area contributed by atoms with Crippen molar-refractivity contribution in [2.24, 2.45) is 11.0 Å². The quantitative estimate of drug-likeness (QED) is 0.271. The van der Waals surface area contributed by atoms with Crippen LogP contribution in [0.1, 0.15) is 20.3 Å². The first-order valence-electron chi connectivity index (χ1n) is 3.81. The summed E-state index contributed by atoms with van der Waals surface area (Å²) >= 11 is 4.77. The van der Waals surface area contributed by atoms with Crippen LogP contribution in [0.15, 0.2) is 5.16 Å². The standard InChI is InChI=1S/C6H13N5OS/c1-4-3-6(2,12-10-4)11-9-5(13)8-7/h11H,3,7H2,1-2H3,(H2,8,9,13). The minimum atomic E-state index is -0.551. The maximum atomic E-state index is 5.13. The number of hydrazine groups is 2. The molecule has 1 aliphatic rings. The molecule has 1 heterocycles. The first-order valence-corrected chi connectivity index (χ1v) is 4.22. The summed E-state index contributed by atoms with van der Waals surface area (Å²) in [7, 11) is 0. The van der Waals surface area contributed by atoms with Gasteiger partial charge in [0.25, 0.3) is 0 Å². The van der Waals surface area contributed by atoms with E-state index in [1.54, 1.807) is 0 Å². The fourth-order valence-electron chi connectivity index (χ4n) is 1.02. The van der Waals surface area contributed by atoms with E-state index >= 15 is 0 Å². The number of hydrogen-bond acceptors (Lipinski definition) is 5. The van der Waals surface area contributed by atoms with Crippen molar-refractivity contribution in [3.8, 4) is 0 Å². The summed E-state index contributed by atoms with van der Waals surface area (Å²) in [5, 5.41) is 4.11. The minimum Gasteiger partial charge on any atom is -0.372 e. The summed E-state index contributed by atoms with van der Waals surface area (Å²) < 4.78 is 0. The van der Waals surface area contributed by atoms with Crippen molar-refractivity contribution < 1.29 is 4.84 Å². The van der Waals surface area contributed by atoms with Crippen LogP contribution >= 0.6 is 12.2 Å². The van der Waals surface area contributed by atoms with E-state index in [0.717, 1.165) is 5.71 Å². The molecule has 74 valence electrons. The average molecular weight is 203 g/mol. The van der Waals surface area contributed by atoms with Crippen LogP contribution in [0.2, 0.25) is 0 Å². The van der Waals surface area contributed by atoms with E-state index in [4.69, 9.17) is 22.9 Å². The molecule has 0 amide bonds. The third-order valence-electron chi connectivity index (χ3n) is 1.57. The Labute approximate surface area is 81.8 Å². The monoisotopic (exact) mass is 203 g/mol. The maximum absolute atomic E-state index is 5.13. The Bertz CT molecular complexity index is 243. The highest BCUT2D eigenvalue weighted by molar-refractivity contribution is 7.80. The summed E-state index contributed by atoms with van der Waals surface area (Å²) in [6.45, 7) is 3.76. The van der Waals surface area contributed by atoms with E-state index in [1.165, 1.54) is 0 Å². The molecule has 0 aliphatic carbocycles. The van der Waals surface area contributed by atoms with Gasteiger partial charge in [0.05, 0.1) is 5.71 Å². The second-order valence-corrected chi connectivity index (χ2v) is 3.46. The Morgan fingerprint density at radius 1 is 1.77 bits per heavy atom. The average Bonchev–Trinajstić information content (AvgIpc) is 2.43. The summed E-state index contributed by atoms with van der Waals surface area (Å²) in [6.07, 6.45) is 0.702. The van der Waals surface area contributed by atoms with E-state index in [9.17, 15) is 0 Å². The molecule has 0 saturated carbocycles. The molecule has 0 radical (unpaired) electrons. The molecule has 0 aromatic carbocycles. The zero-order valence-corrected chi connectivity index (χ0v) is 8.36. The molecule has 1 aliphatic heterocycles. The smallest absolute Gasteiger partial charge is 0.207 e. The maximum Gasteiger partial charge on any atom is 0.207 e. The van der Waals surface area contributed by atoms with Crippen LogP contribution in [-0.2, 0) is 4.84 Å². The number of rotatable bonds is 2. The molecule has 0 saturated heterocycles. The van der Waals surface area contributed by atoms with E-state index < -0.39 is 5.72 Å². The fraction of sp³-hybridized carbons (Fsp3) is 0.667. The van der Waals surface area contributed by atoms with Crippen molar-refractivity contribution in [1.82, 2.24) is 16.3 Å². The number of nitrogens with two attached hydrogens (primary N) is 1. The van der Waals surface area contributed by atoms with Gasteiger partial charge in [-0.1, -0.05) is 5.16 Å². The van der Waals surface area contributed by atoms with E-state index in [-0.39, 0.29) is 0 Å². The molecule has 1 unspecified atom stereocenters. The van der Waals surface area contributed by atoms with Gasteiger partial charge in [0.1, 0.15) is 0 Å². The van der Waals surface area contributed by atoms with E-state index in [1.807, 2.05) is 13.8 Å². The van der Waals surface area contributed by atoms with E-state index in [0.29, 0.717) is 11.5 Å². The molecule has 6 nitrogen and oxygen atoms in total. The van der Waals surface area contributed by atoms with Crippen molar-refractivity contribution in [3.63, 3.8) is 0 Å². The van der Waals surface area contributed by atoms with Gasteiger partial charge in [-0.3, -0.25) is 10.9 Å². The molecule has 13 heavy (non-hydrogen) atoms. The lowest BCUT2D eigenvalue weighted by molar-refractivity contribution is -0.0363. The lowest BCUT2D eigenvalue weighted by atomic mass is 10.1. The molecule has 1 rings (SSSR count). The molecule has 0 aromatic heterocycles. The molecular formula is C6H13N5OS. The Morgan fingerprint density at radius 3 is 2.92 bits per heavy atom. The highest BCUT2D eigenvalue weighted by atomic mass is 32.1. The van der Waals surface area contributed by atoms with Crippen molar-refractivity contribution in [3.05, 3.63) is 0 Å². The molecular weight excluding hydrogens is 190 g/mol. The molecule has 1 atom stereocenters. The number of oxime groups is 1. The van der Waals surface area contributed by atoms with Gasteiger partial charge in [-0.15, -0.1) is 0 Å². The molecule has 0 fully saturated rings. The molecule has 0 aromatic rings. The molecule has 5 N–H and O–H groups in total. The Hall–Kier alpha value is -0.920. The lowest BCUT2D eigenvalue weighted by Gasteiger charge is -2.23. The lowest BCUT2D eigenvalue weighted by Crippen LogP contribution is -2.56. The van der Waals surface area contributed by atoms with Gasteiger partial charge in [0, 0.05) is 6.42 Å². The predicted molar refractivity (Wildman–Crippen MR) is 53.4 cm³/mol. The van der Waals surface area contributed by atoms with Gasteiger partial charge in [-0.2, -0.15) is 5.43 Å². The van der Waals surface area contributed by atoms with Crippen molar-refractivity contribution >= 4 is 23.0 Å². The SMILES string of the molecule is CC1=NOC(C)(NNC(=S)NN)C1. The summed E-state index contributed by atoms with van der Waals surface area (Å²) in [6, 6.07) is 0. The number of thiocarbonyl (C=S) groups is 1. The zero-order valence-electron chi connectivity index (χ0n) is 7.55. The van der Waals surface area contributed by atoms with E-state index in [2.05, 4.69) is 21.4 Å². The normalized spacial score (nSPS) is 26.2. The Balaban J connectivity index is 2.33. The van der Waals surface area contributed by atoms with Crippen LogP contribution in [0, 0.1) is 0 Å². The Kier molecular flexibility index (Phi) is 3.02. The fourth-order valence-corrected chi connectivity index (χ4v) is 1.07. The van der Waals surface area contributed by atoms with Crippen LogP contribution in [0.5, 0.6) is 0 Å². The molecule has 7 heteroatoms. The highest BCUT2D eigenvalue weighted by Crippen LogP contribution is 2.18. The van der Waals surface area contributed by atoms with Gasteiger partial charge < -0.3 is 4.84 Å². The topological polar surface area (TPSA) is 83.7 Å². The van der Waals surface area contributed by atoms with Crippen LogP contribution < -0.4 is 22.1 Å². The first-order chi connectivity index (χ1) is 6.06. The highest BCUT2D eigenvalue weighted by Gasteiger charge is 2.32. The third kappa shape index (κ3) is 2.79. The summed E-state index contributed by atoms with van der Waals surface area (Å²) in [5.41, 5.74) is 8.22. The predicted octanol–water partition coefficient (Wildman–Crippen LogP) is -0.659. The summed E-state index contributed by atoms with van der Waals surface area (Å²) in [5.74, 6) is 5.06. The minimum absolute atomic E-state index is 0.300. The molecule has 0 bridgehead atoms.